The molecule has 3 aromatic rings. The molecule has 5 nitrogen and oxygen atoms in total. The number of unbranched alkanes of at least 4 members (excludes halogenated alkanes) is 9. The largest absolute Gasteiger partial charge is 0.494 e. The van der Waals surface area contributed by atoms with Gasteiger partial charge in [0.15, 0.2) is 0 Å². The van der Waals surface area contributed by atoms with Crippen LogP contribution in [0.25, 0.3) is 0 Å². The van der Waals surface area contributed by atoms with Gasteiger partial charge in [0.1, 0.15) is 11.6 Å². The molecule has 240 valence electrons. The van der Waals surface area contributed by atoms with Crippen molar-refractivity contribution in [3.8, 4) is 5.75 Å². The van der Waals surface area contributed by atoms with E-state index in [1.54, 1.807) is 18.2 Å². The Hall–Kier alpha value is -2.90. The quantitative estimate of drug-likeness (QED) is 0.135. The minimum atomic E-state index is -3.91. The second-order valence-electron chi connectivity index (χ2n) is 12.2. The van der Waals surface area contributed by atoms with E-state index in [0.29, 0.717) is 0 Å². The SMILES string of the molecule is CCCCCCCCOc1ccc(CN2CCc3cc(S(=O)(=O)Nc4ccc(CCCCCCC)cc4F)ccc3C2)cc1. The fourth-order valence-electron chi connectivity index (χ4n) is 5.84. The number of nitrogens with zero attached hydrogens (tertiary/aromatic N) is 1. The molecular weight excluding hydrogens is 571 g/mol. The third-order valence-corrected chi connectivity index (χ3v) is 9.89. The fraction of sp³-hybridized carbons (Fsp3) is 0.514. The van der Waals surface area contributed by atoms with E-state index in [2.05, 4.69) is 47.7 Å². The second-order valence-corrected chi connectivity index (χ2v) is 13.9. The van der Waals surface area contributed by atoms with Crippen LogP contribution in [0, 0.1) is 5.82 Å². The highest BCUT2D eigenvalue weighted by molar-refractivity contribution is 7.92. The molecule has 0 aliphatic carbocycles. The van der Waals surface area contributed by atoms with Crippen LogP contribution in [0.4, 0.5) is 10.1 Å². The van der Waals surface area contributed by atoms with Gasteiger partial charge in [-0.3, -0.25) is 9.62 Å². The smallest absolute Gasteiger partial charge is 0.261 e. The number of ether oxygens (including phenoxy) is 1. The number of anilines is 1. The predicted molar refractivity (Wildman–Crippen MR) is 179 cm³/mol. The van der Waals surface area contributed by atoms with Crippen LogP contribution in [0.15, 0.2) is 65.6 Å². The number of fused-ring (bicyclic) bond motifs is 1. The van der Waals surface area contributed by atoms with Gasteiger partial charge in [-0.15, -0.1) is 0 Å². The molecule has 1 heterocycles. The summed E-state index contributed by atoms with van der Waals surface area (Å²) in [6.45, 7) is 7.61. The molecular formula is C37H51FN2O3S. The van der Waals surface area contributed by atoms with E-state index in [4.69, 9.17) is 4.74 Å². The van der Waals surface area contributed by atoms with Gasteiger partial charge in [0.2, 0.25) is 0 Å². The summed E-state index contributed by atoms with van der Waals surface area (Å²) in [4.78, 5) is 2.54. The van der Waals surface area contributed by atoms with Gasteiger partial charge in [-0.2, -0.15) is 0 Å². The highest BCUT2D eigenvalue weighted by Gasteiger charge is 2.22. The van der Waals surface area contributed by atoms with Gasteiger partial charge in [0, 0.05) is 19.6 Å². The highest BCUT2D eigenvalue weighted by Crippen LogP contribution is 2.27. The molecule has 0 spiro atoms. The molecule has 3 aromatic carbocycles. The zero-order chi connectivity index (χ0) is 31.2. The van der Waals surface area contributed by atoms with Crippen molar-refractivity contribution in [2.75, 3.05) is 17.9 Å². The van der Waals surface area contributed by atoms with Gasteiger partial charge in [-0.05, 0) is 84.3 Å². The van der Waals surface area contributed by atoms with Gasteiger partial charge < -0.3 is 4.74 Å². The third-order valence-electron chi connectivity index (χ3n) is 8.52. The van der Waals surface area contributed by atoms with E-state index in [0.717, 1.165) is 80.8 Å². The topological polar surface area (TPSA) is 58.6 Å². The van der Waals surface area contributed by atoms with Crippen LogP contribution < -0.4 is 9.46 Å². The molecule has 0 saturated carbocycles. The Morgan fingerprint density at radius 2 is 1.45 bits per heavy atom. The van der Waals surface area contributed by atoms with Crippen molar-refractivity contribution in [3.63, 3.8) is 0 Å². The lowest BCUT2D eigenvalue weighted by atomic mass is 9.99. The Morgan fingerprint density at radius 1 is 0.773 bits per heavy atom. The number of rotatable bonds is 19. The number of halogens is 1. The lowest BCUT2D eigenvalue weighted by molar-refractivity contribution is 0.245. The lowest BCUT2D eigenvalue weighted by Crippen LogP contribution is -2.30. The van der Waals surface area contributed by atoms with Gasteiger partial charge in [0.25, 0.3) is 10.0 Å². The van der Waals surface area contributed by atoms with Crippen LogP contribution in [0.2, 0.25) is 0 Å². The summed E-state index contributed by atoms with van der Waals surface area (Å²) in [7, 11) is -3.91. The second kappa shape index (κ2) is 17.6. The zero-order valence-corrected chi connectivity index (χ0v) is 27.6. The van der Waals surface area contributed by atoms with Gasteiger partial charge >= 0.3 is 0 Å². The molecule has 1 N–H and O–H groups in total. The Morgan fingerprint density at radius 3 is 2.18 bits per heavy atom. The third kappa shape index (κ3) is 10.6. The van der Waals surface area contributed by atoms with Crippen LogP contribution in [-0.4, -0.2) is 26.5 Å². The maximum absolute atomic E-state index is 14.8. The van der Waals surface area contributed by atoms with Crippen LogP contribution in [0.3, 0.4) is 0 Å². The Kier molecular flexibility index (Phi) is 13.6. The van der Waals surface area contributed by atoms with Crippen molar-refractivity contribution >= 4 is 15.7 Å². The fourth-order valence-corrected chi connectivity index (χ4v) is 6.96. The molecule has 1 aliphatic heterocycles. The van der Waals surface area contributed by atoms with Crippen molar-refractivity contribution in [1.82, 2.24) is 4.90 Å². The van der Waals surface area contributed by atoms with E-state index in [9.17, 15) is 12.8 Å². The van der Waals surface area contributed by atoms with E-state index >= 15 is 0 Å². The number of hydrogen-bond donors (Lipinski definition) is 1. The van der Waals surface area contributed by atoms with Gasteiger partial charge in [-0.25, -0.2) is 12.8 Å². The minimum absolute atomic E-state index is 0.0116. The number of aryl methyl sites for hydroxylation is 1. The van der Waals surface area contributed by atoms with Crippen molar-refractivity contribution in [1.29, 1.82) is 0 Å². The van der Waals surface area contributed by atoms with E-state index in [1.165, 1.54) is 63.0 Å². The van der Waals surface area contributed by atoms with E-state index in [-0.39, 0.29) is 10.6 Å². The maximum atomic E-state index is 14.8. The predicted octanol–water partition coefficient (Wildman–Crippen LogP) is 9.44. The van der Waals surface area contributed by atoms with E-state index in [1.807, 2.05) is 12.1 Å². The summed E-state index contributed by atoms with van der Waals surface area (Å²) >= 11 is 0. The standard InChI is InChI=1S/C37H51FN2O3S/c1-3-5-7-9-11-13-25-43-34-19-15-31(16-20-34)28-40-24-23-32-27-35(21-18-33(32)29-40)44(41,42)39-37-22-17-30(26-36(37)38)14-12-10-8-6-4-2/h15-22,26-27,39H,3-14,23-25,28-29H2,1-2H3. The summed E-state index contributed by atoms with van der Waals surface area (Å²) in [5.74, 6) is 0.382. The summed E-state index contributed by atoms with van der Waals surface area (Å²) < 4.78 is 49.6. The maximum Gasteiger partial charge on any atom is 0.261 e. The first-order valence-electron chi connectivity index (χ1n) is 16.7. The molecule has 1 aliphatic rings. The Bertz CT molecular complexity index is 1410. The molecule has 44 heavy (non-hydrogen) atoms. The van der Waals surface area contributed by atoms with Gasteiger partial charge in [0.05, 0.1) is 17.2 Å². The number of hydrogen-bond acceptors (Lipinski definition) is 4. The van der Waals surface area contributed by atoms with Crippen LogP contribution >= 0.6 is 0 Å². The van der Waals surface area contributed by atoms with Crippen molar-refractivity contribution in [2.45, 2.75) is 115 Å². The Labute approximate surface area is 265 Å². The number of nitrogens with one attached hydrogen (secondary N) is 1. The monoisotopic (exact) mass is 622 g/mol. The van der Waals surface area contributed by atoms with Crippen LogP contribution in [0.5, 0.6) is 5.75 Å². The number of benzene rings is 3. The molecule has 0 radical (unpaired) electrons. The van der Waals surface area contributed by atoms with Crippen LogP contribution in [-0.2, 0) is 36.0 Å². The summed E-state index contributed by atoms with van der Waals surface area (Å²) in [5.41, 5.74) is 4.27. The molecule has 0 unspecified atom stereocenters. The zero-order valence-electron chi connectivity index (χ0n) is 26.8. The molecule has 0 saturated heterocycles. The summed E-state index contributed by atoms with van der Waals surface area (Å²) in [6, 6.07) is 18.5. The summed E-state index contributed by atoms with van der Waals surface area (Å²) in [6.07, 6.45) is 14.8. The molecule has 0 bridgehead atoms. The molecule has 0 amide bonds. The average molecular weight is 623 g/mol. The van der Waals surface area contributed by atoms with Crippen LogP contribution in [0.1, 0.15) is 107 Å². The molecule has 0 fully saturated rings. The highest BCUT2D eigenvalue weighted by atomic mass is 32.2. The normalized spacial score (nSPS) is 13.5. The minimum Gasteiger partial charge on any atom is -0.494 e. The molecule has 7 heteroatoms. The first-order valence-corrected chi connectivity index (χ1v) is 18.2. The molecule has 0 aromatic heterocycles. The number of sulfonamides is 1. The molecule has 0 atom stereocenters. The first-order chi connectivity index (χ1) is 21.4. The van der Waals surface area contributed by atoms with Gasteiger partial charge in [-0.1, -0.05) is 95.9 Å². The average Bonchev–Trinajstić information content (AvgIpc) is 3.02. The Balaban J connectivity index is 1.26. The van der Waals surface area contributed by atoms with E-state index < -0.39 is 15.8 Å². The first kappa shape index (κ1) is 34.0. The summed E-state index contributed by atoms with van der Waals surface area (Å²) in [5, 5.41) is 0. The van der Waals surface area contributed by atoms with Crippen molar-refractivity contribution in [3.05, 3.63) is 88.7 Å². The van der Waals surface area contributed by atoms with Crippen molar-refractivity contribution < 1.29 is 17.5 Å². The van der Waals surface area contributed by atoms with Crippen molar-refractivity contribution in [2.24, 2.45) is 0 Å². The molecule has 4 rings (SSSR count). The lowest BCUT2D eigenvalue weighted by Gasteiger charge is -2.29.